The second-order valence-electron chi connectivity index (χ2n) is 6.11. The zero-order valence-electron chi connectivity index (χ0n) is 15.7. The van der Waals surface area contributed by atoms with E-state index in [4.69, 9.17) is 9.47 Å². The summed E-state index contributed by atoms with van der Waals surface area (Å²) in [7, 11) is 0. The average molecular weight is 356 g/mol. The number of carbonyl (C=O) groups is 1. The van der Waals surface area contributed by atoms with E-state index < -0.39 is 0 Å². The lowest BCUT2D eigenvalue weighted by Gasteiger charge is -2.19. The first kappa shape index (κ1) is 19.6. The normalized spacial score (nSPS) is 11.5. The molecule has 5 nitrogen and oxygen atoms in total. The van der Waals surface area contributed by atoms with E-state index >= 15 is 0 Å². The van der Waals surface area contributed by atoms with Crippen LogP contribution in [-0.2, 0) is 0 Å². The van der Waals surface area contributed by atoms with Crippen molar-refractivity contribution in [3.05, 3.63) is 59.7 Å². The Morgan fingerprint density at radius 1 is 1.12 bits per heavy atom. The molecule has 1 unspecified atom stereocenters. The third-order valence-corrected chi connectivity index (χ3v) is 3.90. The topological polar surface area (TPSA) is 59.6 Å². The summed E-state index contributed by atoms with van der Waals surface area (Å²) in [4.78, 5) is 12.1. The molecule has 0 aliphatic rings. The van der Waals surface area contributed by atoms with Crippen LogP contribution in [0, 0.1) is 6.92 Å². The minimum absolute atomic E-state index is 0.142. The standard InChI is InChI=1S/C21H28N2O3/c1-4-25-20-12-11-16(2)15-19(20)17(3)23-21(24)22-13-8-14-26-18-9-6-5-7-10-18/h5-7,9-12,15,17H,4,8,13-14H2,1-3H3,(H2,22,23,24). The number of ether oxygens (including phenoxy) is 2. The number of benzene rings is 2. The Hall–Kier alpha value is -2.69. The van der Waals surface area contributed by atoms with Gasteiger partial charge in [-0.2, -0.15) is 0 Å². The number of nitrogens with one attached hydrogen (secondary N) is 2. The smallest absolute Gasteiger partial charge is 0.315 e. The van der Waals surface area contributed by atoms with E-state index in [0.29, 0.717) is 19.8 Å². The Kier molecular flexibility index (Phi) is 7.80. The SMILES string of the molecule is CCOc1ccc(C)cc1C(C)NC(=O)NCCCOc1ccccc1. The molecule has 0 spiro atoms. The third kappa shape index (κ3) is 6.31. The van der Waals surface area contributed by atoms with Gasteiger partial charge in [0.1, 0.15) is 11.5 Å². The van der Waals surface area contributed by atoms with Crippen molar-refractivity contribution in [2.45, 2.75) is 33.2 Å². The van der Waals surface area contributed by atoms with Crippen LogP contribution in [0.5, 0.6) is 11.5 Å². The molecule has 2 rings (SSSR count). The molecule has 0 radical (unpaired) electrons. The van der Waals surface area contributed by atoms with Crippen LogP contribution in [-0.4, -0.2) is 25.8 Å². The molecule has 0 saturated carbocycles. The molecule has 0 saturated heterocycles. The predicted octanol–water partition coefficient (Wildman–Crippen LogP) is 4.22. The van der Waals surface area contributed by atoms with Crippen LogP contribution in [0.4, 0.5) is 4.79 Å². The van der Waals surface area contributed by atoms with E-state index in [-0.39, 0.29) is 12.1 Å². The van der Waals surface area contributed by atoms with Gasteiger partial charge >= 0.3 is 6.03 Å². The summed E-state index contributed by atoms with van der Waals surface area (Å²) in [5.74, 6) is 1.65. The van der Waals surface area contributed by atoms with Crippen molar-refractivity contribution < 1.29 is 14.3 Å². The fourth-order valence-corrected chi connectivity index (χ4v) is 2.60. The molecule has 2 aromatic rings. The fourth-order valence-electron chi connectivity index (χ4n) is 2.60. The van der Waals surface area contributed by atoms with Gasteiger partial charge in [-0.25, -0.2) is 4.79 Å². The molecule has 2 aromatic carbocycles. The molecule has 1 atom stereocenters. The number of hydrogen-bond donors (Lipinski definition) is 2. The van der Waals surface area contributed by atoms with Crippen LogP contribution in [0.15, 0.2) is 48.5 Å². The highest BCUT2D eigenvalue weighted by atomic mass is 16.5. The predicted molar refractivity (Wildman–Crippen MR) is 104 cm³/mol. The molecular weight excluding hydrogens is 328 g/mol. The molecule has 0 bridgehead atoms. The van der Waals surface area contributed by atoms with Crippen molar-refractivity contribution in [3.8, 4) is 11.5 Å². The molecule has 26 heavy (non-hydrogen) atoms. The minimum atomic E-state index is -0.193. The lowest BCUT2D eigenvalue weighted by Crippen LogP contribution is -2.38. The minimum Gasteiger partial charge on any atom is -0.494 e. The highest BCUT2D eigenvalue weighted by Crippen LogP contribution is 2.26. The molecule has 140 valence electrons. The number of rotatable bonds is 9. The molecule has 0 aromatic heterocycles. The highest BCUT2D eigenvalue weighted by molar-refractivity contribution is 5.74. The molecule has 5 heteroatoms. The van der Waals surface area contributed by atoms with Crippen molar-refractivity contribution in [2.75, 3.05) is 19.8 Å². The highest BCUT2D eigenvalue weighted by Gasteiger charge is 2.14. The van der Waals surface area contributed by atoms with Gasteiger partial charge in [0.25, 0.3) is 0 Å². The maximum atomic E-state index is 12.1. The number of carbonyl (C=O) groups excluding carboxylic acids is 1. The first-order valence-corrected chi connectivity index (χ1v) is 9.05. The fraction of sp³-hybridized carbons (Fsp3) is 0.381. The first-order chi connectivity index (χ1) is 12.6. The number of urea groups is 1. The van der Waals surface area contributed by atoms with Gasteiger partial charge in [0, 0.05) is 12.1 Å². The quantitative estimate of drug-likeness (QED) is 0.661. The van der Waals surface area contributed by atoms with Crippen LogP contribution in [0.1, 0.15) is 37.4 Å². The van der Waals surface area contributed by atoms with E-state index in [1.807, 2.05) is 69.3 Å². The largest absolute Gasteiger partial charge is 0.494 e. The summed E-state index contributed by atoms with van der Waals surface area (Å²) in [6, 6.07) is 15.3. The zero-order chi connectivity index (χ0) is 18.8. The summed E-state index contributed by atoms with van der Waals surface area (Å²) in [5, 5.41) is 5.82. The van der Waals surface area contributed by atoms with Gasteiger partial charge in [0.2, 0.25) is 0 Å². The number of para-hydroxylation sites is 1. The van der Waals surface area contributed by atoms with Crippen LogP contribution < -0.4 is 20.1 Å². The second-order valence-corrected chi connectivity index (χ2v) is 6.11. The molecule has 0 aliphatic heterocycles. The lowest BCUT2D eigenvalue weighted by molar-refractivity contribution is 0.236. The second kappa shape index (κ2) is 10.3. The molecule has 0 fully saturated rings. The van der Waals surface area contributed by atoms with E-state index in [9.17, 15) is 4.79 Å². The molecular formula is C21H28N2O3. The Bertz CT molecular complexity index is 689. The average Bonchev–Trinajstić information content (AvgIpc) is 2.64. The van der Waals surface area contributed by atoms with E-state index in [2.05, 4.69) is 10.6 Å². The zero-order valence-corrected chi connectivity index (χ0v) is 15.7. The van der Waals surface area contributed by atoms with E-state index in [0.717, 1.165) is 29.0 Å². The molecule has 2 N–H and O–H groups in total. The Labute approximate surface area is 155 Å². The molecule has 0 aliphatic carbocycles. The van der Waals surface area contributed by atoms with Crippen molar-refractivity contribution in [3.63, 3.8) is 0 Å². The number of aryl methyl sites for hydroxylation is 1. The van der Waals surface area contributed by atoms with Gasteiger partial charge in [-0.3, -0.25) is 0 Å². The summed E-state index contributed by atoms with van der Waals surface area (Å²) >= 11 is 0. The summed E-state index contributed by atoms with van der Waals surface area (Å²) in [6.45, 7) is 7.64. The Morgan fingerprint density at radius 2 is 1.88 bits per heavy atom. The van der Waals surface area contributed by atoms with Crippen molar-refractivity contribution in [2.24, 2.45) is 0 Å². The number of amides is 2. The van der Waals surface area contributed by atoms with Gasteiger partial charge in [-0.05, 0) is 45.4 Å². The summed E-state index contributed by atoms with van der Waals surface area (Å²) in [5.41, 5.74) is 2.12. The lowest BCUT2D eigenvalue weighted by atomic mass is 10.0. The van der Waals surface area contributed by atoms with Gasteiger partial charge in [-0.1, -0.05) is 35.9 Å². The number of hydrogen-bond acceptors (Lipinski definition) is 3. The Morgan fingerprint density at radius 3 is 2.62 bits per heavy atom. The van der Waals surface area contributed by atoms with Crippen molar-refractivity contribution in [1.29, 1.82) is 0 Å². The van der Waals surface area contributed by atoms with Gasteiger partial charge in [0.05, 0.1) is 19.3 Å². The van der Waals surface area contributed by atoms with E-state index in [1.54, 1.807) is 0 Å². The van der Waals surface area contributed by atoms with Crippen molar-refractivity contribution >= 4 is 6.03 Å². The maximum Gasteiger partial charge on any atom is 0.315 e. The monoisotopic (exact) mass is 356 g/mol. The third-order valence-electron chi connectivity index (χ3n) is 3.90. The van der Waals surface area contributed by atoms with Crippen LogP contribution in [0.25, 0.3) is 0 Å². The molecule has 0 heterocycles. The first-order valence-electron chi connectivity index (χ1n) is 9.05. The van der Waals surface area contributed by atoms with Gasteiger partial charge in [0.15, 0.2) is 0 Å². The Balaban J connectivity index is 1.74. The maximum absolute atomic E-state index is 12.1. The summed E-state index contributed by atoms with van der Waals surface area (Å²) < 4.78 is 11.3. The van der Waals surface area contributed by atoms with Gasteiger partial charge in [-0.15, -0.1) is 0 Å². The van der Waals surface area contributed by atoms with Crippen LogP contribution in [0.2, 0.25) is 0 Å². The van der Waals surface area contributed by atoms with Crippen LogP contribution in [0.3, 0.4) is 0 Å². The summed E-state index contributed by atoms with van der Waals surface area (Å²) in [6.07, 6.45) is 0.741. The molecule has 2 amide bonds. The van der Waals surface area contributed by atoms with Gasteiger partial charge < -0.3 is 20.1 Å². The van der Waals surface area contributed by atoms with E-state index in [1.165, 1.54) is 0 Å². The van der Waals surface area contributed by atoms with Crippen molar-refractivity contribution in [1.82, 2.24) is 10.6 Å². The van der Waals surface area contributed by atoms with Crippen LogP contribution >= 0.6 is 0 Å².